The number of halogens is 2. The topological polar surface area (TPSA) is 40.5 Å². The summed E-state index contributed by atoms with van der Waals surface area (Å²) in [6.45, 7) is 19.0. The number of aromatic hydroxyl groups is 2. The van der Waals surface area contributed by atoms with Gasteiger partial charge in [0.15, 0.2) is 0 Å². The van der Waals surface area contributed by atoms with Crippen molar-refractivity contribution >= 4 is 8.07 Å². The van der Waals surface area contributed by atoms with E-state index < -0.39 is 8.07 Å². The Morgan fingerprint density at radius 3 is 1.18 bits per heavy atom. The third kappa shape index (κ3) is 9.02. The molecule has 4 rings (SSSR count). The fourth-order valence-corrected chi connectivity index (χ4v) is 9.66. The van der Waals surface area contributed by atoms with Crippen molar-refractivity contribution in [3.8, 4) is 11.5 Å². The zero-order valence-electron chi connectivity index (χ0n) is 23.8. The second-order valence-corrected chi connectivity index (χ2v) is 15.0. The minimum atomic E-state index is -1.65. The Kier molecular flexibility index (Phi) is 13.4. The summed E-state index contributed by atoms with van der Waals surface area (Å²) in [6, 6.07) is 10.0. The fourth-order valence-electron chi connectivity index (χ4n) is 5.00. The molecule has 2 aliphatic carbocycles. The summed E-state index contributed by atoms with van der Waals surface area (Å²) in [5, 5.41) is 20.5. The molecule has 0 saturated carbocycles. The van der Waals surface area contributed by atoms with Crippen LogP contribution in [0.2, 0.25) is 13.1 Å². The van der Waals surface area contributed by atoms with Crippen LogP contribution in [0.1, 0.15) is 54.4 Å². The molecule has 2 N–H and O–H groups in total. The van der Waals surface area contributed by atoms with E-state index in [9.17, 15) is 8.78 Å². The summed E-state index contributed by atoms with van der Waals surface area (Å²) >= 11 is 0. The van der Waals surface area contributed by atoms with E-state index in [-0.39, 0.29) is 49.3 Å². The van der Waals surface area contributed by atoms with Gasteiger partial charge in [-0.3, -0.25) is 12.2 Å². The first-order valence-corrected chi connectivity index (χ1v) is 15.8. The van der Waals surface area contributed by atoms with E-state index in [0.717, 1.165) is 12.8 Å². The van der Waals surface area contributed by atoms with Gasteiger partial charge in [-0.25, -0.2) is 30.3 Å². The third-order valence-electron chi connectivity index (χ3n) is 6.54. The van der Waals surface area contributed by atoms with Gasteiger partial charge in [0, 0.05) is 0 Å². The Bertz CT molecular complexity index is 1050. The summed E-state index contributed by atoms with van der Waals surface area (Å²) in [4.78, 5) is 0. The number of allylic oxidation sites excluding steroid dienone is 8. The minimum absolute atomic E-state index is 0. The van der Waals surface area contributed by atoms with E-state index in [1.165, 1.54) is 59.7 Å². The van der Waals surface area contributed by atoms with Crippen molar-refractivity contribution in [1.82, 2.24) is 0 Å². The molecule has 2 aromatic rings. The van der Waals surface area contributed by atoms with Crippen LogP contribution in [0.3, 0.4) is 0 Å². The van der Waals surface area contributed by atoms with Gasteiger partial charge in [0.2, 0.25) is 0 Å². The summed E-state index contributed by atoms with van der Waals surface area (Å²) in [7, 11) is -1.65. The Morgan fingerprint density at radius 1 is 0.658 bits per heavy atom. The van der Waals surface area contributed by atoms with Gasteiger partial charge in [-0.2, -0.15) is 11.1 Å². The molecule has 0 amide bonds. The predicted molar refractivity (Wildman–Crippen MR) is 151 cm³/mol. The van der Waals surface area contributed by atoms with Crippen LogP contribution in [0.25, 0.3) is 0 Å². The second kappa shape index (κ2) is 14.9. The zero-order valence-corrected chi connectivity index (χ0v) is 27.3. The van der Waals surface area contributed by atoms with Gasteiger partial charge in [0.05, 0.1) is 0 Å². The van der Waals surface area contributed by atoms with Gasteiger partial charge >= 0.3 is 26.2 Å². The van der Waals surface area contributed by atoms with Gasteiger partial charge in [0.1, 0.15) is 23.1 Å². The maximum absolute atomic E-state index is 12.0. The van der Waals surface area contributed by atoms with Crippen molar-refractivity contribution in [2.45, 2.75) is 67.5 Å². The number of phenolic OH excluding ortho intramolecular Hbond substituents is 2. The Morgan fingerprint density at radius 2 is 0.947 bits per heavy atom. The average Bonchev–Trinajstić information content (AvgIpc) is 3.42. The van der Waals surface area contributed by atoms with E-state index in [4.69, 9.17) is 10.2 Å². The van der Waals surface area contributed by atoms with Crippen LogP contribution >= 0.6 is 0 Å². The molecule has 0 fully saturated rings. The summed E-state index contributed by atoms with van der Waals surface area (Å²) in [5.74, 6) is 0.687. The standard InChI is InChI=1S/C20H30Si.2C6H5FO.Zr/c1-13(2)17-11-9-15(5)19(17)21(7,8)20-16(6)10-12-18(20)14(3)4;2*7-5-1-3-6(8)4-2-5;/h13-14H,9-10H2,1-8H3;2*1-4,8H;/q-2;;;+2. The quantitative estimate of drug-likeness (QED) is 0.267. The molecule has 0 aromatic heterocycles. The second-order valence-electron chi connectivity index (χ2n) is 10.7. The van der Waals surface area contributed by atoms with Crippen molar-refractivity contribution in [2.24, 2.45) is 11.8 Å². The Labute approximate surface area is 248 Å². The molecule has 202 valence electrons. The molecular formula is C32H40F2O2SiZr. The molecule has 0 spiro atoms. The Hall–Kier alpha value is -2.04. The molecule has 0 bridgehead atoms. The smallest absolute Gasteiger partial charge is 0.508 e. The molecule has 0 aliphatic heterocycles. The molecule has 0 unspecified atom stereocenters. The summed E-state index contributed by atoms with van der Waals surface area (Å²) < 4.78 is 24.0. The van der Waals surface area contributed by atoms with Gasteiger partial charge in [0.25, 0.3) is 0 Å². The van der Waals surface area contributed by atoms with Crippen LogP contribution in [0.4, 0.5) is 8.78 Å². The third-order valence-corrected chi connectivity index (χ3v) is 10.4. The van der Waals surface area contributed by atoms with Gasteiger partial charge in [-0.15, -0.1) is 12.8 Å². The average molecular weight is 614 g/mol. The molecular weight excluding hydrogens is 574 g/mol. The monoisotopic (exact) mass is 612 g/mol. The number of phenols is 2. The molecule has 2 aromatic carbocycles. The SMILES string of the molecule is CC1=C([Si](C)(C)C2=C(C)C[C-]=C2C(C)C)C(C(C)C)=[C-]C1.Oc1ccc(F)cc1.Oc1ccc(F)cc1.[Zr+2]. The predicted octanol–water partition coefficient (Wildman–Crippen LogP) is 9.04. The molecule has 0 saturated heterocycles. The summed E-state index contributed by atoms with van der Waals surface area (Å²) in [5.41, 5.74) is 6.12. The van der Waals surface area contributed by atoms with Crippen LogP contribution in [-0.2, 0) is 26.2 Å². The molecule has 2 nitrogen and oxygen atoms in total. The number of benzene rings is 2. The van der Waals surface area contributed by atoms with E-state index in [1.807, 2.05) is 0 Å². The molecule has 6 heteroatoms. The van der Waals surface area contributed by atoms with Crippen molar-refractivity contribution in [1.29, 1.82) is 0 Å². The fraction of sp³-hybridized carbons (Fsp3) is 0.375. The van der Waals surface area contributed by atoms with Crippen LogP contribution < -0.4 is 0 Å². The molecule has 0 radical (unpaired) electrons. The maximum atomic E-state index is 12.0. The number of hydrogen-bond acceptors (Lipinski definition) is 2. The van der Waals surface area contributed by atoms with Crippen LogP contribution in [0.5, 0.6) is 11.5 Å². The van der Waals surface area contributed by atoms with Crippen LogP contribution in [-0.4, -0.2) is 18.3 Å². The van der Waals surface area contributed by atoms with E-state index in [2.05, 4.69) is 66.8 Å². The van der Waals surface area contributed by atoms with Crippen molar-refractivity contribution in [2.75, 3.05) is 0 Å². The summed E-state index contributed by atoms with van der Waals surface area (Å²) in [6.07, 6.45) is 9.41. The van der Waals surface area contributed by atoms with Crippen molar-refractivity contribution in [3.63, 3.8) is 0 Å². The first-order valence-electron chi connectivity index (χ1n) is 12.8. The first-order chi connectivity index (χ1) is 17.2. The maximum Gasteiger partial charge on any atom is 2.00 e. The van der Waals surface area contributed by atoms with E-state index in [1.54, 1.807) is 21.5 Å². The normalized spacial score (nSPS) is 14.9. The molecule has 0 heterocycles. The van der Waals surface area contributed by atoms with Crippen molar-refractivity contribution < 1.29 is 45.2 Å². The molecule has 2 aliphatic rings. The van der Waals surface area contributed by atoms with E-state index >= 15 is 0 Å². The zero-order chi connectivity index (χ0) is 27.9. The van der Waals surface area contributed by atoms with Gasteiger partial charge in [-0.1, -0.05) is 74.5 Å². The molecule has 0 atom stereocenters. The number of hydrogen-bond donors (Lipinski definition) is 2. The van der Waals surface area contributed by atoms with Gasteiger partial charge in [-0.05, 0) is 48.5 Å². The molecule has 38 heavy (non-hydrogen) atoms. The van der Waals surface area contributed by atoms with Gasteiger partial charge < -0.3 is 10.2 Å². The van der Waals surface area contributed by atoms with Crippen molar-refractivity contribution in [3.05, 3.63) is 105 Å². The van der Waals surface area contributed by atoms with E-state index in [0.29, 0.717) is 11.8 Å². The minimum Gasteiger partial charge on any atom is -0.508 e. The first kappa shape index (κ1) is 34.0. The number of rotatable bonds is 4. The van der Waals surface area contributed by atoms with Crippen LogP contribution in [0, 0.1) is 35.6 Å². The van der Waals surface area contributed by atoms with Crippen LogP contribution in [0.15, 0.2) is 81.2 Å². The Balaban J connectivity index is 0.000000347. The largest absolute Gasteiger partial charge is 2.00 e.